The van der Waals surface area contributed by atoms with E-state index in [1.165, 1.54) is 11.3 Å². The fourth-order valence-corrected chi connectivity index (χ4v) is 3.93. The van der Waals surface area contributed by atoms with Crippen molar-refractivity contribution in [3.63, 3.8) is 0 Å². The Hall–Kier alpha value is -2.92. The second-order valence-corrected chi connectivity index (χ2v) is 7.44. The van der Waals surface area contributed by atoms with Crippen LogP contribution in [0.1, 0.15) is 23.4 Å². The highest BCUT2D eigenvalue weighted by molar-refractivity contribution is 5.62. The average molecular weight is 372 g/mol. The number of anilines is 1. The van der Waals surface area contributed by atoms with E-state index in [9.17, 15) is 0 Å². The van der Waals surface area contributed by atoms with Crippen LogP contribution in [0.4, 0.5) is 5.69 Å². The molecule has 5 rings (SSSR count). The van der Waals surface area contributed by atoms with E-state index in [2.05, 4.69) is 62.3 Å². The van der Waals surface area contributed by atoms with Gasteiger partial charge in [-0.25, -0.2) is 4.98 Å². The number of hydrogen-bond donors (Lipinski definition) is 0. The van der Waals surface area contributed by atoms with Crippen LogP contribution in [0.25, 0.3) is 17.5 Å². The Morgan fingerprint density at radius 2 is 1.86 bits per heavy atom. The standard InChI is InChI=1S/C23H24N4O/c1-2-6-22-21(5-1)25-23(28-22)19-7-9-20(10-8-19)27-14-12-26(13-15-27)17-18-4-3-11-24-16-18/h1,3-5,7-11,16H,2,6,12-15,17H2. The first kappa shape index (κ1) is 17.2. The summed E-state index contributed by atoms with van der Waals surface area (Å²) in [5, 5.41) is 0. The molecule has 0 unspecified atom stereocenters. The summed E-state index contributed by atoms with van der Waals surface area (Å²) in [4.78, 5) is 13.8. The van der Waals surface area contributed by atoms with E-state index < -0.39 is 0 Å². The van der Waals surface area contributed by atoms with Crippen molar-refractivity contribution in [2.45, 2.75) is 19.4 Å². The lowest BCUT2D eigenvalue weighted by atomic mass is 10.1. The number of aryl methyl sites for hydroxylation is 1. The SMILES string of the molecule is C1=Cc2nc(-c3ccc(N4CCN(Cc5cccnc5)CC4)cc3)oc2CC1. The number of fused-ring (bicyclic) bond motifs is 1. The van der Waals surface area contributed by atoms with E-state index in [-0.39, 0.29) is 0 Å². The number of piperazine rings is 1. The third-order valence-electron chi connectivity index (χ3n) is 5.52. The van der Waals surface area contributed by atoms with E-state index in [0.717, 1.165) is 68.5 Å². The Kier molecular flexibility index (Phi) is 4.67. The predicted octanol–water partition coefficient (Wildman–Crippen LogP) is 4.02. The number of nitrogens with zero attached hydrogens (tertiary/aromatic N) is 4. The maximum Gasteiger partial charge on any atom is 0.226 e. The molecule has 5 heteroatoms. The molecule has 0 atom stereocenters. The van der Waals surface area contributed by atoms with Crippen LogP contribution in [0.15, 0.2) is 59.3 Å². The number of benzene rings is 1. The molecule has 3 heterocycles. The first-order valence-electron chi connectivity index (χ1n) is 9.98. The topological polar surface area (TPSA) is 45.4 Å². The third-order valence-corrected chi connectivity index (χ3v) is 5.52. The minimum atomic E-state index is 0.726. The summed E-state index contributed by atoms with van der Waals surface area (Å²) in [5.74, 6) is 1.73. The lowest BCUT2D eigenvalue weighted by Gasteiger charge is -2.36. The molecule has 5 nitrogen and oxygen atoms in total. The Balaban J connectivity index is 1.22. The van der Waals surface area contributed by atoms with E-state index in [4.69, 9.17) is 4.42 Å². The van der Waals surface area contributed by atoms with E-state index in [1.807, 2.05) is 18.5 Å². The number of aromatic nitrogens is 2. The summed E-state index contributed by atoms with van der Waals surface area (Å²) in [6.07, 6.45) is 9.99. The van der Waals surface area contributed by atoms with Gasteiger partial charge in [-0.3, -0.25) is 9.88 Å². The smallest absolute Gasteiger partial charge is 0.226 e. The van der Waals surface area contributed by atoms with Gasteiger partial charge in [0, 0.05) is 62.8 Å². The zero-order chi connectivity index (χ0) is 18.8. The molecule has 1 aliphatic carbocycles. The second kappa shape index (κ2) is 7.60. The summed E-state index contributed by atoms with van der Waals surface area (Å²) in [6, 6.07) is 12.8. The largest absolute Gasteiger partial charge is 0.441 e. The average Bonchev–Trinajstić information content (AvgIpc) is 3.20. The molecule has 0 bridgehead atoms. The van der Waals surface area contributed by atoms with Gasteiger partial charge in [0.2, 0.25) is 5.89 Å². The van der Waals surface area contributed by atoms with Gasteiger partial charge in [0.15, 0.2) is 0 Å². The summed E-state index contributed by atoms with van der Waals surface area (Å²) in [7, 11) is 0. The zero-order valence-electron chi connectivity index (χ0n) is 15.9. The quantitative estimate of drug-likeness (QED) is 0.692. The molecular formula is C23H24N4O. The summed E-state index contributed by atoms with van der Waals surface area (Å²) in [5.41, 5.74) is 4.57. The van der Waals surface area contributed by atoms with Crippen molar-refractivity contribution in [1.82, 2.24) is 14.9 Å². The molecule has 2 aromatic heterocycles. The van der Waals surface area contributed by atoms with Crippen LogP contribution in [0.3, 0.4) is 0 Å². The highest BCUT2D eigenvalue weighted by Crippen LogP contribution is 2.28. The van der Waals surface area contributed by atoms with Crippen LogP contribution in [-0.4, -0.2) is 41.0 Å². The maximum absolute atomic E-state index is 5.96. The van der Waals surface area contributed by atoms with Crippen molar-refractivity contribution in [3.05, 3.63) is 71.9 Å². The van der Waals surface area contributed by atoms with Crippen molar-refractivity contribution in [3.8, 4) is 11.5 Å². The molecule has 0 radical (unpaired) electrons. The number of rotatable bonds is 4. The Bertz CT molecular complexity index is 954. The molecule has 1 aliphatic heterocycles. The lowest BCUT2D eigenvalue weighted by molar-refractivity contribution is 0.249. The van der Waals surface area contributed by atoms with Gasteiger partial charge in [-0.15, -0.1) is 0 Å². The third kappa shape index (κ3) is 3.58. The van der Waals surface area contributed by atoms with Gasteiger partial charge in [0.1, 0.15) is 11.5 Å². The molecule has 1 aromatic carbocycles. The Labute approximate surface area is 165 Å². The fourth-order valence-electron chi connectivity index (χ4n) is 3.93. The molecule has 1 saturated heterocycles. The Morgan fingerprint density at radius 1 is 1.00 bits per heavy atom. The highest BCUT2D eigenvalue weighted by Gasteiger charge is 2.18. The monoisotopic (exact) mass is 372 g/mol. The van der Waals surface area contributed by atoms with Gasteiger partial charge >= 0.3 is 0 Å². The first-order chi connectivity index (χ1) is 13.8. The van der Waals surface area contributed by atoms with Crippen LogP contribution >= 0.6 is 0 Å². The predicted molar refractivity (Wildman–Crippen MR) is 111 cm³/mol. The summed E-state index contributed by atoms with van der Waals surface area (Å²) >= 11 is 0. The van der Waals surface area contributed by atoms with E-state index in [0.29, 0.717) is 0 Å². The molecule has 28 heavy (non-hydrogen) atoms. The van der Waals surface area contributed by atoms with Crippen molar-refractivity contribution in [2.75, 3.05) is 31.1 Å². The van der Waals surface area contributed by atoms with Gasteiger partial charge in [0.25, 0.3) is 0 Å². The molecule has 0 spiro atoms. The van der Waals surface area contributed by atoms with Gasteiger partial charge < -0.3 is 9.32 Å². The van der Waals surface area contributed by atoms with Gasteiger partial charge in [-0.05, 0) is 48.4 Å². The van der Waals surface area contributed by atoms with Gasteiger partial charge in [0.05, 0.1) is 0 Å². The molecule has 1 fully saturated rings. The molecule has 0 saturated carbocycles. The fraction of sp³-hybridized carbons (Fsp3) is 0.304. The maximum atomic E-state index is 5.96. The lowest BCUT2D eigenvalue weighted by Crippen LogP contribution is -2.45. The number of allylic oxidation sites excluding steroid dienone is 1. The van der Waals surface area contributed by atoms with Crippen molar-refractivity contribution in [1.29, 1.82) is 0 Å². The van der Waals surface area contributed by atoms with Crippen molar-refractivity contribution in [2.24, 2.45) is 0 Å². The molecule has 2 aliphatic rings. The number of pyridine rings is 1. The van der Waals surface area contributed by atoms with Crippen molar-refractivity contribution >= 4 is 11.8 Å². The van der Waals surface area contributed by atoms with Crippen LogP contribution in [0, 0.1) is 0 Å². The molecule has 142 valence electrons. The zero-order valence-corrected chi connectivity index (χ0v) is 15.9. The number of hydrogen-bond acceptors (Lipinski definition) is 5. The first-order valence-corrected chi connectivity index (χ1v) is 9.98. The van der Waals surface area contributed by atoms with Crippen LogP contribution in [0.2, 0.25) is 0 Å². The van der Waals surface area contributed by atoms with Crippen LogP contribution in [0.5, 0.6) is 0 Å². The molecule has 0 N–H and O–H groups in total. The molecule has 0 amide bonds. The van der Waals surface area contributed by atoms with E-state index >= 15 is 0 Å². The second-order valence-electron chi connectivity index (χ2n) is 7.44. The molecule has 3 aromatic rings. The normalized spacial score (nSPS) is 16.9. The highest BCUT2D eigenvalue weighted by atomic mass is 16.4. The van der Waals surface area contributed by atoms with E-state index in [1.54, 1.807) is 0 Å². The summed E-state index contributed by atoms with van der Waals surface area (Å²) in [6.45, 7) is 5.18. The van der Waals surface area contributed by atoms with Crippen molar-refractivity contribution < 1.29 is 4.42 Å². The van der Waals surface area contributed by atoms with Gasteiger partial charge in [-0.2, -0.15) is 0 Å². The number of oxazole rings is 1. The Morgan fingerprint density at radius 3 is 2.61 bits per heavy atom. The van der Waals surface area contributed by atoms with Crippen LogP contribution in [-0.2, 0) is 13.0 Å². The van der Waals surface area contributed by atoms with Crippen LogP contribution < -0.4 is 4.90 Å². The minimum absolute atomic E-state index is 0.726. The summed E-state index contributed by atoms with van der Waals surface area (Å²) < 4.78 is 5.96. The minimum Gasteiger partial charge on any atom is -0.441 e. The van der Waals surface area contributed by atoms with Gasteiger partial charge in [-0.1, -0.05) is 12.1 Å². The molecular weight excluding hydrogens is 348 g/mol.